The molecule has 3 rings (SSSR count). The van der Waals surface area contributed by atoms with Crippen LogP contribution < -0.4 is 15.6 Å². The number of ether oxygens (including phenoxy) is 2. The number of fused-ring (bicyclic) bond motifs is 1. The van der Waals surface area contributed by atoms with Gasteiger partial charge in [-0.3, -0.25) is 9.59 Å². The molecule has 3 aromatic rings. The minimum atomic E-state index is -2.94. The molecule has 0 atom stereocenters. The lowest BCUT2D eigenvalue weighted by Gasteiger charge is -2.10. The van der Waals surface area contributed by atoms with Crippen LogP contribution in [0.25, 0.3) is 11.0 Å². The number of hydrogen-bond donors (Lipinski definition) is 1. The van der Waals surface area contributed by atoms with Crippen molar-refractivity contribution in [1.82, 2.24) is 9.55 Å². The number of aromatic nitrogens is 2. The molecule has 0 saturated carbocycles. The summed E-state index contributed by atoms with van der Waals surface area (Å²) < 4.78 is 35.1. The van der Waals surface area contributed by atoms with Gasteiger partial charge in [-0.15, -0.1) is 0 Å². The highest BCUT2D eigenvalue weighted by molar-refractivity contribution is 5.97. The molecule has 8 nitrogen and oxygen atoms in total. The van der Waals surface area contributed by atoms with Gasteiger partial charge in [-0.25, -0.2) is 9.78 Å². The molecule has 2 aromatic carbocycles. The van der Waals surface area contributed by atoms with Gasteiger partial charge in [0.1, 0.15) is 11.4 Å². The Morgan fingerprint density at radius 3 is 2.52 bits per heavy atom. The Kier molecular flexibility index (Phi) is 6.58. The van der Waals surface area contributed by atoms with Crippen molar-refractivity contribution in [1.29, 1.82) is 0 Å². The van der Waals surface area contributed by atoms with Crippen LogP contribution in [0.2, 0.25) is 0 Å². The molecule has 10 heteroatoms. The number of nitrogens with zero attached hydrogens (tertiary/aromatic N) is 2. The minimum absolute atomic E-state index is 0.0481. The molecular formula is C21H19F2N3O5. The lowest BCUT2D eigenvalue weighted by Crippen LogP contribution is -2.23. The maximum absolute atomic E-state index is 12.3. The molecule has 0 bridgehead atoms. The van der Waals surface area contributed by atoms with Crippen molar-refractivity contribution in [3.63, 3.8) is 0 Å². The van der Waals surface area contributed by atoms with Crippen LogP contribution in [0.3, 0.4) is 0 Å². The number of anilines is 1. The van der Waals surface area contributed by atoms with Gasteiger partial charge in [-0.05, 0) is 56.3 Å². The van der Waals surface area contributed by atoms with Crippen LogP contribution in [0, 0.1) is 6.92 Å². The van der Waals surface area contributed by atoms with E-state index in [1.807, 2.05) is 6.92 Å². The SMILES string of the molecule is CCn1c(=O)c(C)nc2cc(C(=O)OCC(=O)Nc3ccc(OC(F)F)cc3)ccc21. The highest BCUT2D eigenvalue weighted by atomic mass is 19.3. The van der Waals surface area contributed by atoms with E-state index in [-0.39, 0.29) is 16.9 Å². The Hall–Kier alpha value is -3.82. The zero-order chi connectivity index (χ0) is 22.5. The Morgan fingerprint density at radius 2 is 1.87 bits per heavy atom. The van der Waals surface area contributed by atoms with Gasteiger partial charge in [0.15, 0.2) is 6.61 Å². The number of amides is 1. The van der Waals surface area contributed by atoms with Gasteiger partial charge in [0.05, 0.1) is 16.6 Å². The maximum atomic E-state index is 12.3. The lowest BCUT2D eigenvalue weighted by atomic mass is 10.2. The molecule has 0 unspecified atom stereocenters. The second-order valence-corrected chi connectivity index (χ2v) is 6.48. The van der Waals surface area contributed by atoms with E-state index in [1.165, 1.54) is 36.4 Å². The van der Waals surface area contributed by atoms with Crippen LogP contribution in [0.1, 0.15) is 23.0 Å². The number of carbonyl (C=O) groups excluding carboxylic acids is 2. The standard InChI is InChI=1S/C21H19F2N3O5/c1-3-26-17-9-4-13(10-16(17)24-12(2)19(26)28)20(29)30-11-18(27)25-14-5-7-15(8-6-14)31-21(22)23/h4-10,21H,3,11H2,1-2H3,(H,25,27). The van der Waals surface area contributed by atoms with E-state index in [4.69, 9.17) is 4.74 Å². The second-order valence-electron chi connectivity index (χ2n) is 6.48. The van der Waals surface area contributed by atoms with E-state index in [1.54, 1.807) is 17.6 Å². The fraction of sp³-hybridized carbons (Fsp3) is 0.238. The van der Waals surface area contributed by atoms with Crippen LogP contribution in [0.4, 0.5) is 14.5 Å². The summed E-state index contributed by atoms with van der Waals surface area (Å²) in [6.45, 7) is 0.393. The largest absolute Gasteiger partial charge is 0.452 e. The van der Waals surface area contributed by atoms with E-state index >= 15 is 0 Å². The van der Waals surface area contributed by atoms with E-state index in [0.29, 0.717) is 29.0 Å². The maximum Gasteiger partial charge on any atom is 0.387 e. The molecule has 0 aliphatic heterocycles. The number of benzene rings is 2. The topological polar surface area (TPSA) is 99.5 Å². The van der Waals surface area contributed by atoms with Crippen LogP contribution in [-0.2, 0) is 16.1 Å². The Labute approximate surface area is 175 Å². The van der Waals surface area contributed by atoms with Gasteiger partial charge < -0.3 is 19.4 Å². The molecule has 31 heavy (non-hydrogen) atoms. The Morgan fingerprint density at radius 1 is 1.16 bits per heavy atom. The number of hydrogen-bond acceptors (Lipinski definition) is 6. The summed E-state index contributed by atoms with van der Waals surface area (Å²) in [5.74, 6) is -1.38. The van der Waals surface area contributed by atoms with Gasteiger partial charge in [0.25, 0.3) is 11.5 Å². The highest BCUT2D eigenvalue weighted by Crippen LogP contribution is 2.18. The van der Waals surface area contributed by atoms with Gasteiger partial charge in [0.2, 0.25) is 0 Å². The van der Waals surface area contributed by atoms with Crippen molar-refractivity contribution in [3.8, 4) is 5.75 Å². The van der Waals surface area contributed by atoms with Crippen LogP contribution in [0.5, 0.6) is 5.75 Å². The van der Waals surface area contributed by atoms with E-state index in [9.17, 15) is 23.2 Å². The number of rotatable bonds is 7. The molecule has 0 saturated heterocycles. The average molecular weight is 431 g/mol. The third-order valence-corrected chi connectivity index (χ3v) is 4.36. The molecular weight excluding hydrogens is 412 g/mol. The molecule has 1 amide bonds. The van der Waals surface area contributed by atoms with Gasteiger partial charge in [0, 0.05) is 12.2 Å². The van der Waals surface area contributed by atoms with Crippen molar-refractivity contribution < 1.29 is 27.8 Å². The Bertz CT molecular complexity index is 1180. The number of nitrogens with one attached hydrogen (secondary N) is 1. The fourth-order valence-electron chi connectivity index (χ4n) is 2.95. The monoisotopic (exact) mass is 431 g/mol. The molecule has 0 radical (unpaired) electrons. The predicted octanol–water partition coefficient (Wildman–Crippen LogP) is 3.12. The normalized spacial score (nSPS) is 10.9. The van der Waals surface area contributed by atoms with Crippen molar-refractivity contribution in [3.05, 3.63) is 64.1 Å². The fourth-order valence-corrected chi connectivity index (χ4v) is 2.95. The number of halogens is 2. The molecule has 1 heterocycles. The molecule has 0 spiro atoms. The van der Waals surface area contributed by atoms with Crippen LogP contribution >= 0.6 is 0 Å². The summed E-state index contributed by atoms with van der Waals surface area (Å²) in [6, 6.07) is 9.89. The molecule has 1 aromatic heterocycles. The molecule has 0 aliphatic carbocycles. The first kappa shape index (κ1) is 21.9. The smallest absolute Gasteiger partial charge is 0.387 e. The zero-order valence-corrected chi connectivity index (χ0v) is 16.7. The summed E-state index contributed by atoms with van der Waals surface area (Å²) in [6.07, 6.45) is 0. The van der Waals surface area contributed by atoms with Gasteiger partial charge in [-0.1, -0.05) is 0 Å². The van der Waals surface area contributed by atoms with Crippen molar-refractivity contribution in [2.45, 2.75) is 27.0 Å². The summed E-state index contributed by atoms with van der Waals surface area (Å²) in [4.78, 5) is 40.7. The molecule has 0 fully saturated rings. The summed E-state index contributed by atoms with van der Waals surface area (Å²) >= 11 is 0. The number of alkyl halides is 2. The van der Waals surface area contributed by atoms with Crippen LogP contribution in [0.15, 0.2) is 47.3 Å². The first-order valence-electron chi connectivity index (χ1n) is 9.31. The third kappa shape index (κ3) is 5.21. The van der Waals surface area contributed by atoms with E-state index < -0.39 is 25.1 Å². The molecule has 1 N–H and O–H groups in total. The number of aryl methyl sites for hydroxylation is 2. The van der Waals surface area contributed by atoms with Crippen molar-refractivity contribution in [2.24, 2.45) is 0 Å². The van der Waals surface area contributed by atoms with E-state index in [2.05, 4.69) is 15.0 Å². The second kappa shape index (κ2) is 9.33. The molecule has 0 aliphatic rings. The van der Waals surface area contributed by atoms with Gasteiger partial charge in [-0.2, -0.15) is 8.78 Å². The molecule has 162 valence electrons. The number of esters is 1. The quantitative estimate of drug-likeness (QED) is 0.577. The first-order chi connectivity index (χ1) is 14.8. The number of carbonyl (C=O) groups is 2. The highest BCUT2D eigenvalue weighted by Gasteiger charge is 2.14. The lowest BCUT2D eigenvalue weighted by molar-refractivity contribution is -0.119. The summed E-state index contributed by atoms with van der Waals surface area (Å²) in [5, 5.41) is 2.48. The van der Waals surface area contributed by atoms with E-state index in [0.717, 1.165) is 0 Å². The van der Waals surface area contributed by atoms with Crippen LogP contribution in [-0.4, -0.2) is 34.6 Å². The van der Waals surface area contributed by atoms with Crippen molar-refractivity contribution >= 4 is 28.6 Å². The first-order valence-corrected chi connectivity index (χ1v) is 9.31. The zero-order valence-electron chi connectivity index (χ0n) is 16.7. The summed E-state index contributed by atoms with van der Waals surface area (Å²) in [7, 11) is 0. The Balaban J connectivity index is 1.63. The average Bonchev–Trinajstić information content (AvgIpc) is 2.73. The van der Waals surface area contributed by atoms with Crippen molar-refractivity contribution in [2.75, 3.05) is 11.9 Å². The minimum Gasteiger partial charge on any atom is -0.452 e. The summed E-state index contributed by atoms with van der Waals surface area (Å²) in [5.41, 5.74) is 1.67. The third-order valence-electron chi connectivity index (χ3n) is 4.36. The van der Waals surface area contributed by atoms with Gasteiger partial charge >= 0.3 is 12.6 Å². The predicted molar refractivity (Wildman–Crippen MR) is 108 cm³/mol.